The fraction of sp³-hybridized carbons (Fsp3) is 0.350. The molecular weight excluding hydrogens is 412 g/mol. The molecule has 1 heterocycles. The molecule has 0 radical (unpaired) electrons. The molecule has 0 saturated heterocycles. The highest BCUT2D eigenvalue weighted by molar-refractivity contribution is 5.95. The second-order valence-corrected chi connectivity index (χ2v) is 7.02. The van der Waals surface area contributed by atoms with E-state index in [2.05, 4.69) is 15.4 Å². The average Bonchev–Trinajstić information content (AvgIpc) is 3.44. The van der Waals surface area contributed by atoms with Gasteiger partial charge in [0.25, 0.3) is 0 Å². The third kappa shape index (κ3) is 4.64. The summed E-state index contributed by atoms with van der Waals surface area (Å²) in [4.78, 5) is 12.5. The van der Waals surface area contributed by atoms with Gasteiger partial charge in [-0.25, -0.2) is 4.39 Å². The van der Waals surface area contributed by atoms with Crippen molar-refractivity contribution in [3.8, 4) is 5.75 Å². The molecule has 0 aromatic heterocycles. The van der Waals surface area contributed by atoms with Crippen molar-refractivity contribution in [3.63, 3.8) is 0 Å². The lowest BCUT2D eigenvalue weighted by Gasteiger charge is -2.19. The Labute approximate surface area is 171 Å². The number of ether oxygens (including phenoxy) is 1. The van der Waals surface area contributed by atoms with Crippen LogP contribution < -0.4 is 15.4 Å². The molecule has 9 heteroatoms. The number of alkyl halides is 3. The van der Waals surface area contributed by atoms with Crippen LogP contribution in [-0.4, -0.2) is 18.8 Å². The van der Waals surface area contributed by atoms with Crippen molar-refractivity contribution in [2.24, 2.45) is 5.92 Å². The zero-order valence-corrected chi connectivity index (χ0v) is 16.0. The van der Waals surface area contributed by atoms with Gasteiger partial charge in [-0.1, -0.05) is 24.3 Å². The zero-order chi connectivity index (χ0) is 19.9. The van der Waals surface area contributed by atoms with Crippen molar-refractivity contribution in [2.45, 2.75) is 31.7 Å². The first-order chi connectivity index (χ1) is 13.3. The maximum absolute atomic E-state index is 14.7. The van der Waals surface area contributed by atoms with Gasteiger partial charge in [0, 0.05) is 12.5 Å². The van der Waals surface area contributed by atoms with E-state index >= 15 is 0 Å². The Hall–Kier alpha value is -2.32. The van der Waals surface area contributed by atoms with E-state index in [-0.39, 0.29) is 29.8 Å². The molecule has 1 aliphatic carbocycles. The molecule has 1 aliphatic heterocycles. The minimum atomic E-state index is -4.80. The molecule has 2 aromatic carbocycles. The Morgan fingerprint density at radius 2 is 1.93 bits per heavy atom. The van der Waals surface area contributed by atoms with E-state index in [0.717, 1.165) is 5.56 Å². The van der Waals surface area contributed by atoms with Crippen LogP contribution in [0, 0.1) is 11.7 Å². The van der Waals surface area contributed by atoms with Gasteiger partial charge in [-0.3, -0.25) is 4.79 Å². The van der Waals surface area contributed by atoms with Crippen LogP contribution in [0.3, 0.4) is 0 Å². The van der Waals surface area contributed by atoms with Crippen LogP contribution in [0.25, 0.3) is 0 Å². The number of halogens is 5. The molecule has 2 aliphatic rings. The molecule has 2 N–H and O–H groups in total. The number of carbonyl (C=O) groups is 1. The highest BCUT2D eigenvalue weighted by Gasteiger charge is 2.46. The van der Waals surface area contributed by atoms with E-state index in [1.54, 1.807) is 12.1 Å². The maximum Gasteiger partial charge on any atom is 0.573 e. The Kier molecular flexibility index (Phi) is 6.05. The van der Waals surface area contributed by atoms with Gasteiger partial charge in [0.2, 0.25) is 5.91 Å². The van der Waals surface area contributed by atoms with Crippen LogP contribution in [0.15, 0.2) is 36.4 Å². The monoisotopic (exact) mass is 430 g/mol. The molecule has 2 atom stereocenters. The predicted molar refractivity (Wildman–Crippen MR) is 102 cm³/mol. The number of amides is 1. The standard InChI is InChI=1S/C20H18F4N2O2.ClH/c21-18-12-7-8-25-10-11(12)5-6-16(18)26-19(27)15-9-14(15)13-3-1-2-4-17(13)28-20(22,23)24;/h1-6,14-15,25H,7-10H2,(H,26,27);1H. The second-order valence-electron chi connectivity index (χ2n) is 7.02. The molecule has 1 amide bonds. The van der Waals surface area contributed by atoms with Crippen LogP contribution >= 0.6 is 12.4 Å². The molecule has 4 nitrogen and oxygen atoms in total. The number of para-hydroxylation sites is 1. The molecule has 0 bridgehead atoms. The summed E-state index contributed by atoms with van der Waals surface area (Å²) in [7, 11) is 0. The summed E-state index contributed by atoms with van der Waals surface area (Å²) in [6, 6.07) is 9.09. The first-order valence-corrected chi connectivity index (χ1v) is 9.00. The van der Waals surface area contributed by atoms with Crippen molar-refractivity contribution < 1.29 is 27.1 Å². The number of hydrogen-bond donors (Lipinski definition) is 2. The van der Waals surface area contributed by atoms with E-state index in [1.807, 2.05) is 0 Å². The number of hydrogen-bond acceptors (Lipinski definition) is 3. The lowest BCUT2D eigenvalue weighted by Crippen LogP contribution is -2.25. The Balaban J connectivity index is 0.00000240. The minimum Gasteiger partial charge on any atom is -0.405 e. The van der Waals surface area contributed by atoms with Crippen molar-refractivity contribution >= 4 is 24.0 Å². The summed E-state index contributed by atoms with van der Waals surface area (Å²) in [5.41, 5.74) is 1.89. The summed E-state index contributed by atoms with van der Waals surface area (Å²) in [5, 5.41) is 5.75. The quantitative estimate of drug-likeness (QED) is 0.700. The molecular formula is C20H19ClF4N2O2. The minimum absolute atomic E-state index is 0. The number of fused-ring (bicyclic) bond motifs is 1. The van der Waals surface area contributed by atoms with Gasteiger partial charge in [0.05, 0.1) is 5.69 Å². The number of benzene rings is 2. The van der Waals surface area contributed by atoms with Gasteiger partial charge in [-0.05, 0) is 54.1 Å². The van der Waals surface area contributed by atoms with Crippen molar-refractivity contribution in [1.82, 2.24) is 5.32 Å². The molecule has 1 saturated carbocycles. The lowest BCUT2D eigenvalue weighted by atomic mass is 9.99. The predicted octanol–water partition coefficient (Wildman–Crippen LogP) is 4.53. The molecule has 4 rings (SSSR count). The normalized spacial score (nSPS) is 20.3. The Bertz CT molecular complexity index is 920. The van der Waals surface area contributed by atoms with E-state index in [0.29, 0.717) is 37.1 Å². The van der Waals surface area contributed by atoms with Crippen molar-refractivity contribution in [3.05, 3.63) is 58.9 Å². The third-order valence-electron chi connectivity index (χ3n) is 5.14. The van der Waals surface area contributed by atoms with Gasteiger partial charge in [-0.2, -0.15) is 0 Å². The van der Waals surface area contributed by atoms with Gasteiger partial charge in [0.15, 0.2) is 0 Å². The van der Waals surface area contributed by atoms with Gasteiger partial charge in [-0.15, -0.1) is 25.6 Å². The Morgan fingerprint density at radius 3 is 2.69 bits per heavy atom. The van der Waals surface area contributed by atoms with Crippen LogP contribution in [0.1, 0.15) is 29.0 Å². The number of rotatable bonds is 4. The van der Waals surface area contributed by atoms with Crippen LogP contribution in [0.2, 0.25) is 0 Å². The molecule has 156 valence electrons. The van der Waals surface area contributed by atoms with Crippen LogP contribution in [0.4, 0.5) is 23.2 Å². The average molecular weight is 431 g/mol. The summed E-state index contributed by atoms with van der Waals surface area (Å²) in [6.07, 6.45) is -3.87. The second kappa shape index (κ2) is 8.20. The Morgan fingerprint density at radius 1 is 1.17 bits per heavy atom. The van der Waals surface area contributed by atoms with E-state index in [1.165, 1.54) is 24.3 Å². The van der Waals surface area contributed by atoms with Gasteiger partial charge >= 0.3 is 6.36 Å². The molecule has 0 spiro atoms. The summed E-state index contributed by atoms with van der Waals surface area (Å²) in [6.45, 7) is 1.25. The first kappa shape index (κ1) is 21.4. The summed E-state index contributed by atoms with van der Waals surface area (Å²) < 4.78 is 56.5. The molecule has 2 unspecified atom stereocenters. The highest BCUT2D eigenvalue weighted by atomic mass is 35.5. The number of carbonyl (C=O) groups excluding carboxylic acids is 1. The smallest absolute Gasteiger partial charge is 0.405 e. The van der Waals surface area contributed by atoms with Gasteiger partial charge in [0.1, 0.15) is 11.6 Å². The number of anilines is 1. The summed E-state index contributed by atoms with van der Waals surface area (Å²) >= 11 is 0. The molecule has 1 fully saturated rings. The molecule has 29 heavy (non-hydrogen) atoms. The SMILES string of the molecule is Cl.O=C(Nc1ccc2c(c1F)CCNC2)C1CC1c1ccccc1OC(F)(F)F. The largest absolute Gasteiger partial charge is 0.573 e. The topological polar surface area (TPSA) is 50.4 Å². The zero-order valence-electron chi connectivity index (χ0n) is 15.2. The van der Waals surface area contributed by atoms with Gasteiger partial charge < -0.3 is 15.4 Å². The number of nitrogens with one attached hydrogen (secondary N) is 2. The van der Waals surface area contributed by atoms with Crippen molar-refractivity contribution in [2.75, 3.05) is 11.9 Å². The fourth-order valence-electron chi connectivity index (χ4n) is 3.69. The van der Waals surface area contributed by atoms with E-state index < -0.39 is 24.0 Å². The fourth-order valence-corrected chi connectivity index (χ4v) is 3.69. The van der Waals surface area contributed by atoms with E-state index in [4.69, 9.17) is 0 Å². The molecule has 2 aromatic rings. The maximum atomic E-state index is 14.7. The lowest BCUT2D eigenvalue weighted by molar-refractivity contribution is -0.274. The third-order valence-corrected chi connectivity index (χ3v) is 5.14. The summed E-state index contributed by atoms with van der Waals surface area (Å²) in [5.74, 6) is -2.05. The van der Waals surface area contributed by atoms with Crippen molar-refractivity contribution in [1.29, 1.82) is 0 Å². The van der Waals surface area contributed by atoms with Crippen LogP contribution in [-0.2, 0) is 17.8 Å². The van der Waals surface area contributed by atoms with E-state index in [9.17, 15) is 22.4 Å². The highest BCUT2D eigenvalue weighted by Crippen LogP contribution is 2.51. The first-order valence-electron chi connectivity index (χ1n) is 9.00. The van der Waals surface area contributed by atoms with Crippen LogP contribution in [0.5, 0.6) is 5.75 Å².